The molecule has 6 heteroatoms. The number of hydrogen-bond acceptors (Lipinski definition) is 3. The van der Waals surface area contributed by atoms with E-state index in [0.717, 1.165) is 19.2 Å². The quantitative estimate of drug-likeness (QED) is 0.747. The lowest BCUT2D eigenvalue weighted by Gasteiger charge is -2.07. The zero-order chi connectivity index (χ0) is 13.4. The molecule has 94 valence electrons. The number of hydrogen-bond donors (Lipinski definition) is 0. The van der Waals surface area contributed by atoms with Crippen LogP contribution in [0.2, 0.25) is 5.02 Å². The van der Waals surface area contributed by atoms with Gasteiger partial charge in [-0.3, -0.25) is 0 Å². The third-order valence-electron chi connectivity index (χ3n) is 2.50. The third-order valence-corrected chi connectivity index (χ3v) is 2.80. The van der Waals surface area contributed by atoms with E-state index in [9.17, 15) is 13.6 Å². The lowest BCUT2D eigenvalue weighted by Crippen LogP contribution is -2.06. The molecule has 0 saturated heterocycles. The number of carbonyl (C=O) groups is 1. The fraction of sp³-hybridized carbons (Fsp3) is 0.167. The van der Waals surface area contributed by atoms with Crippen molar-refractivity contribution in [3.05, 3.63) is 40.0 Å². The second-order valence-electron chi connectivity index (χ2n) is 3.69. The predicted octanol–water partition coefficient (Wildman–Crippen LogP) is 3.26. The third kappa shape index (κ3) is 1.90. The van der Waals surface area contributed by atoms with Crippen LogP contribution >= 0.6 is 11.6 Å². The second-order valence-corrected chi connectivity index (χ2v) is 4.10. The average Bonchev–Trinajstić information content (AvgIpc) is 2.34. The molecule has 1 aromatic carbocycles. The van der Waals surface area contributed by atoms with Crippen molar-refractivity contribution >= 4 is 28.5 Å². The molecule has 0 spiro atoms. The van der Waals surface area contributed by atoms with Crippen molar-refractivity contribution in [2.45, 2.75) is 6.92 Å². The molecule has 0 aliphatic carbocycles. The highest BCUT2D eigenvalue weighted by Gasteiger charge is 2.18. The molecule has 0 aliphatic rings. The average molecular weight is 272 g/mol. The first-order valence-corrected chi connectivity index (χ1v) is 5.36. The molecule has 0 radical (unpaired) electrons. The summed E-state index contributed by atoms with van der Waals surface area (Å²) >= 11 is 5.86. The summed E-state index contributed by atoms with van der Waals surface area (Å²) in [6, 6.07) is 2.15. The van der Waals surface area contributed by atoms with Crippen LogP contribution in [0.3, 0.4) is 0 Å². The van der Waals surface area contributed by atoms with Crippen LogP contribution < -0.4 is 0 Å². The van der Waals surface area contributed by atoms with Crippen molar-refractivity contribution in [2.75, 3.05) is 7.11 Å². The van der Waals surface area contributed by atoms with Gasteiger partial charge < -0.3 is 4.74 Å². The van der Waals surface area contributed by atoms with Crippen molar-refractivity contribution < 1.29 is 18.3 Å². The van der Waals surface area contributed by atoms with Crippen molar-refractivity contribution in [3.63, 3.8) is 0 Å². The molecule has 0 amide bonds. The van der Waals surface area contributed by atoms with E-state index in [1.807, 2.05) is 0 Å². The van der Waals surface area contributed by atoms with Crippen molar-refractivity contribution in [2.24, 2.45) is 0 Å². The Hall–Kier alpha value is -1.75. The first kappa shape index (κ1) is 12.7. The number of aryl methyl sites for hydroxylation is 1. The molecule has 2 aromatic rings. The molecule has 0 aliphatic heterocycles. The van der Waals surface area contributed by atoms with Crippen molar-refractivity contribution in [1.82, 2.24) is 4.98 Å². The van der Waals surface area contributed by atoms with Gasteiger partial charge >= 0.3 is 5.97 Å². The summed E-state index contributed by atoms with van der Waals surface area (Å²) in [6.45, 7) is 1.42. The molecule has 0 fully saturated rings. The van der Waals surface area contributed by atoms with Gasteiger partial charge in [0.25, 0.3) is 0 Å². The molecule has 0 unspecified atom stereocenters. The van der Waals surface area contributed by atoms with Crippen LogP contribution in [-0.2, 0) is 4.74 Å². The fourth-order valence-corrected chi connectivity index (χ4v) is 1.90. The Morgan fingerprint density at radius 3 is 2.67 bits per heavy atom. The fourth-order valence-electron chi connectivity index (χ4n) is 1.62. The molecular weight excluding hydrogens is 264 g/mol. The van der Waals surface area contributed by atoms with Crippen molar-refractivity contribution in [1.29, 1.82) is 0 Å². The smallest absolute Gasteiger partial charge is 0.356 e. The standard InChI is InChI=1S/C12H8ClF2NO2/c1-5-3-7(14)11-9(10(5)15)6(13)4-8(16-11)12(17)18-2/h3-4H,1-2H3. The van der Waals surface area contributed by atoms with E-state index in [1.165, 1.54) is 6.92 Å². The highest BCUT2D eigenvalue weighted by Crippen LogP contribution is 2.29. The number of benzene rings is 1. The summed E-state index contributed by atoms with van der Waals surface area (Å²) in [6.07, 6.45) is 0. The van der Waals surface area contributed by atoms with E-state index >= 15 is 0 Å². The molecule has 0 N–H and O–H groups in total. The number of esters is 1. The molecule has 1 aromatic heterocycles. The summed E-state index contributed by atoms with van der Waals surface area (Å²) in [5, 5.41) is -0.220. The summed E-state index contributed by atoms with van der Waals surface area (Å²) in [7, 11) is 1.16. The largest absolute Gasteiger partial charge is 0.464 e. The van der Waals surface area contributed by atoms with E-state index < -0.39 is 17.6 Å². The van der Waals surface area contributed by atoms with Crippen LogP contribution in [0.5, 0.6) is 0 Å². The Balaban J connectivity index is 2.86. The topological polar surface area (TPSA) is 39.2 Å². The number of nitrogens with zero attached hydrogens (tertiary/aromatic N) is 1. The van der Waals surface area contributed by atoms with Crippen LogP contribution in [0, 0.1) is 18.6 Å². The van der Waals surface area contributed by atoms with Gasteiger partial charge in [-0.2, -0.15) is 0 Å². The highest BCUT2D eigenvalue weighted by molar-refractivity contribution is 6.35. The lowest BCUT2D eigenvalue weighted by molar-refractivity contribution is 0.0594. The minimum atomic E-state index is -0.765. The predicted molar refractivity (Wildman–Crippen MR) is 62.7 cm³/mol. The summed E-state index contributed by atoms with van der Waals surface area (Å²) in [5.41, 5.74) is -0.335. The van der Waals surface area contributed by atoms with Gasteiger partial charge in [-0.25, -0.2) is 18.6 Å². The Bertz CT molecular complexity index is 658. The van der Waals surface area contributed by atoms with E-state index in [0.29, 0.717) is 0 Å². The molecule has 18 heavy (non-hydrogen) atoms. The number of halogens is 3. The SMILES string of the molecule is COC(=O)c1cc(Cl)c2c(F)c(C)cc(F)c2n1. The van der Waals surface area contributed by atoms with Crippen LogP contribution in [-0.4, -0.2) is 18.1 Å². The molecule has 3 nitrogen and oxygen atoms in total. The molecular formula is C12H8ClF2NO2. The van der Waals surface area contributed by atoms with Gasteiger partial charge in [0.05, 0.1) is 17.5 Å². The molecule has 0 bridgehead atoms. The van der Waals surface area contributed by atoms with Crippen LogP contribution in [0.15, 0.2) is 12.1 Å². The van der Waals surface area contributed by atoms with E-state index in [-0.39, 0.29) is 27.2 Å². The zero-order valence-electron chi connectivity index (χ0n) is 9.55. The van der Waals surface area contributed by atoms with Gasteiger partial charge in [-0.1, -0.05) is 11.6 Å². The van der Waals surface area contributed by atoms with Gasteiger partial charge in [-0.05, 0) is 24.6 Å². The van der Waals surface area contributed by atoms with Crippen LogP contribution in [0.1, 0.15) is 16.1 Å². The maximum absolute atomic E-state index is 13.8. The van der Waals surface area contributed by atoms with Crippen molar-refractivity contribution in [3.8, 4) is 0 Å². The normalized spacial score (nSPS) is 10.7. The number of fused-ring (bicyclic) bond motifs is 1. The molecule has 2 rings (SSSR count). The van der Waals surface area contributed by atoms with Crippen LogP contribution in [0.25, 0.3) is 10.9 Å². The molecule has 0 atom stereocenters. The van der Waals surface area contributed by atoms with Gasteiger partial charge in [0.1, 0.15) is 17.2 Å². The summed E-state index contributed by atoms with van der Waals surface area (Å²) < 4.78 is 32.0. The first-order chi connectivity index (χ1) is 8.45. The minimum absolute atomic E-state index is 0.0829. The Labute approximate surface area is 106 Å². The maximum Gasteiger partial charge on any atom is 0.356 e. The van der Waals surface area contributed by atoms with E-state index in [2.05, 4.69) is 9.72 Å². The number of rotatable bonds is 1. The van der Waals surface area contributed by atoms with E-state index in [1.54, 1.807) is 0 Å². The maximum atomic E-state index is 13.8. The van der Waals surface area contributed by atoms with Gasteiger partial charge in [0.2, 0.25) is 0 Å². The van der Waals surface area contributed by atoms with E-state index in [4.69, 9.17) is 11.6 Å². The van der Waals surface area contributed by atoms with Gasteiger partial charge in [0.15, 0.2) is 5.69 Å². The number of ether oxygens (including phenoxy) is 1. The van der Waals surface area contributed by atoms with Crippen LogP contribution in [0.4, 0.5) is 8.78 Å². The van der Waals surface area contributed by atoms with Gasteiger partial charge in [0, 0.05) is 0 Å². The number of methoxy groups -OCH3 is 1. The van der Waals surface area contributed by atoms with Gasteiger partial charge in [-0.15, -0.1) is 0 Å². The summed E-state index contributed by atoms with van der Waals surface area (Å²) in [5.74, 6) is -2.16. The monoisotopic (exact) mass is 271 g/mol. The number of pyridine rings is 1. The second kappa shape index (κ2) is 4.49. The molecule has 1 heterocycles. The zero-order valence-corrected chi connectivity index (χ0v) is 10.3. The summed E-state index contributed by atoms with van der Waals surface area (Å²) in [4.78, 5) is 15.0. The first-order valence-electron chi connectivity index (χ1n) is 4.99. The molecule has 0 saturated carbocycles. The highest BCUT2D eigenvalue weighted by atomic mass is 35.5. The Morgan fingerprint density at radius 1 is 1.39 bits per heavy atom. The number of aromatic nitrogens is 1. The lowest BCUT2D eigenvalue weighted by atomic mass is 10.1. The Morgan fingerprint density at radius 2 is 2.06 bits per heavy atom. The number of carbonyl (C=O) groups excluding carboxylic acids is 1. The Kier molecular flexibility index (Phi) is 3.17. The minimum Gasteiger partial charge on any atom is -0.464 e.